The second kappa shape index (κ2) is 8.15. The summed E-state index contributed by atoms with van der Waals surface area (Å²) >= 11 is 1.58. The first kappa shape index (κ1) is 19.8. The Morgan fingerprint density at radius 2 is 1.90 bits per heavy atom. The van der Waals surface area contributed by atoms with Crippen LogP contribution >= 0.6 is 11.3 Å². The summed E-state index contributed by atoms with van der Waals surface area (Å²) in [5, 5.41) is 9.12. The van der Waals surface area contributed by atoms with Gasteiger partial charge in [0.2, 0.25) is 0 Å². The molecule has 6 nitrogen and oxygen atoms in total. The molecule has 2 heterocycles. The highest BCUT2D eigenvalue weighted by molar-refractivity contribution is 7.10. The third-order valence-electron chi connectivity index (χ3n) is 5.92. The van der Waals surface area contributed by atoms with Gasteiger partial charge in [0.25, 0.3) is 11.8 Å². The highest BCUT2D eigenvalue weighted by Crippen LogP contribution is 2.41. The fourth-order valence-electron chi connectivity index (χ4n) is 4.30. The van der Waals surface area contributed by atoms with Crippen LogP contribution in [-0.2, 0) is 10.3 Å². The Bertz CT molecular complexity index is 1120. The average molecular weight is 434 g/mol. The van der Waals surface area contributed by atoms with Gasteiger partial charge in [0.15, 0.2) is 6.61 Å². The molecule has 158 valence electrons. The van der Waals surface area contributed by atoms with Crippen molar-refractivity contribution in [2.75, 3.05) is 11.9 Å². The number of anilines is 1. The van der Waals surface area contributed by atoms with Crippen LogP contribution in [0.25, 0.3) is 11.3 Å². The van der Waals surface area contributed by atoms with Crippen molar-refractivity contribution in [1.82, 2.24) is 10.3 Å². The van der Waals surface area contributed by atoms with Crippen LogP contribution in [0.1, 0.15) is 47.5 Å². The Morgan fingerprint density at radius 3 is 2.71 bits per heavy atom. The number of ether oxygens (including phenoxy) is 1. The average Bonchev–Trinajstić information content (AvgIpc) is 3.31. The summed E-state index contributed by atoms with van der Waals surface area (Å²) in [7, 11) is 0. The van der Waals surface area contributed by atoms with Gasteiger partial charge < -0.3 is 15.4 Å². The lowest BCUT2D eigenvalue weighted by Gasteiger charge is -2.36. The number of carbonyl (C=O) groups is 2. The zero-order valence-electron chi connectivity index (χ0n) is 17.0. The number of amides is 2. The molecule has 2 aromatic carbocycles. The van der Waals surface area contributed by atoms with Crippen molar-refractivity contribution in [3.05, 3.63) is 64.5 Å². The molecule has 2 amide bonds. The molecule has 2 aliphatic rings. The topological polar surface area (TPSA) is 80.3 Å². The maximum absolute atomic E-state index is 13.0. The van der Waals surface area contributed by atoms with Gasteiger partial charge in [-0.05, 0) is 43.2 Å². The number of thiazole rings is 1. The van der Waals surface area contributed by atoms with Crippen molar-refractivity contribution in [2.45, 2.75) is 37.6 Å². The molecule has 0 bridgehead atoms. The van der Waals surface area contributed by atoms with E-state index in [2.05, 4.69) is 10.6 Å². The van der Waals surface area contributed by atoms with Crippen LogP contribution in [-0.4, -0.2) is 23.4 Å². The molecule has 0 atom stereocenters. The van der Waals surface area contributed by atoms with Gasteiger partial charge in [-0.2, -0.15) is 0 Å². The molecule has 7 heteroatoms. The zero-order chi connectivity index (χ0) is 21.3. The monoisotopic (exact) mass is 433 g/mol. The lowest BCUT2D eigenvalue weighted by molar-refractivity contribution is -0.118. The van der Waals surface area contributed by atoms with E-state index in [4.69, 9.17) is 9.72 Å². The standard InChI is InChI=1S/C24H23N3O3S/c28-21-14-30-20-10-9-17(13-18(20)25-21)19-15-31-23(26-19)24(11-5-2-6-12-24)27-22(29)16-7-3-1-4-8-16/h1,3-4,7-10,13,15H,2,5-6,11-12,14H2,(H,25,28)(H,27,29). The number of benzene rings is 2. The van der Waals surface area contributed by atoms with E-state index < -0.39 is 5.54 Å². The molecule has 2 N–H and O–H groups in total. The molecular weight excluding hydrogens is 410 g/mol. The van der Waals surface area contributed by atoms with Crippen molar-refractivity contribution in [2.24, 2.45) is 0 Å². The molecule has 0 radical (unpaired) electrons. The maximum Gasteiger partial charge on any atom is 0.262 e. The van der Waals surface area contributed by atoms with Crippen molar-refractivity contribution < 1.29 is 14.3 Å². The minimum Gasteiger partial charge on any atom is -0.482 e. The van der Waals surface area contributed by atoms with Gasteiger partial charge in [-0.1, -0.05) is 37.5 Å². The van der Waals surface area contributed by atoms with E-state index in [9.17, 15) is 9.59 Å². The molecule has 1 fully saturated rings. The van der Waals surface area contributed by atoms with Crippen LogP contribution in [0.2, 0.25) is 0 Å². The summed E-state index contributed by atoms with van der Waals surface area (Å²) in [6, 6.07) is 15.0. The first-order valence-electron chi connectivity index (χ1n) is 10.5. The Morgan fingerprint density at radius 1 is 1.10 bits per heavy atom. The quantitative estimate of drug-likeness (QED) is 0.623. The number of hydrogen-bond acceptors (Lipinski definition) is 5. The van der Waals surface area contributed by atoms with Crippen molar-refractivity contribution >= 4 is 28.8 Å². The van der Waals surface area contributed by atoms with E-state index >= 15 is 0 Å². The first-order valence-corrected chi connectivity index (χ1v) is 11.4. The number of aromatic nitrogens is 1. The lowest BCUT2D eigenvalue weighted by atomic mass is 9.81. The maximum atomic E-state index is 13.0. The highest BCUT2D eigenvalue weighted by atomic mass is 32.1. The predicted molar refractivity (Wildman–Crippen MR) is 120 cm³/mol. The molecule has 5 rings (SSSR count). The third-order valence-corrected chi connectivity index (χ3v) is 6.96. The molecule has 1 aliphatic heterocycles. The predicted octanol–water partition coefficient (Wildman–Crippen LogP) is 4.73. The van der Waals surface area contributed by atoms with Gasteiger partial charge in [0, 0.05) is 16.5 Å². The SMILES string of the molecule is O=C1COc2ccc(-c3csc(C4(NC(=O)c5ccccc5)CCCCC4)n3)cc2N1. The number of rotatable bonds is 4. The van der Waals surface area contributed by atoms with Crippen LogP contribution < -0.4 is 15.4 Å². The Hall–Kier alpha value is -3.19. The van der Waals surface area contributed by atoms with Gasteiger partial charge >= 0.3 is 0 Å². The summed E-state index contributed by atoms with van der Waals surface area (Å²) in [6.07, 6.45) is 5.06. The molecule has 0 unspecified atom stereocenters. The lowest BCUT2D eigenvalue weighted by Crippen LogP contribution is -2.47. The fraction of sp³-hybridized carbons (Fsp3) is 0.292. The van der Waals surface area contributed by atoms with E-state index in [0.29, 0.717) is 17.0 Å². The molecular formula is C24H23N3O3S. The number of nitrogens with one attached hydrogen (secondary N) is 2. The van der Waals surface area contributed by atoms with Crippen molar-refractivity contribution in [3.63, 3.8) is 0 Å². The zero-order valence-corrected chi connectivity index (χ0v) is 17.8. The van der Waals surface area contributed by atoms with Gasteiger partial charge in [-0.25, -0.2) is 4.98 Å². The molecule has 31 heavy (non-hydrogen) atoms. The largest absolute Gasteiger partial charge is 0.482 e. The van der Waals surface area contributed by atoms with Crippen LogP contribution in [0.3, 0.4) is 0 Å². The smallest absolute Gasteiger partial charge is 0.262 e. The summed E-state index contributed by atoms with van der Waals surface area (Å²) in [4.78, 5) is 29.6. The Kier molecular flexibility index (Phi) is 5.19. The Labute approximate surface area is 184 Å². The van der Waals surface area contributed by atoms with Gasteiger partial charge in [-0.3, -0.25) is 9.59 Å². The van der Waals surface area contributed by atoms with E-state index in [1.165, 1.54) is 6.42 Å². The van der Waals surface area contributed by atoms with Crippen LogP contribution in [0, 0.1) is 0 Å². The summed E-state index contributed by atoms with van der Waals surface area (Å²) in [6.45, 7) is 0.0385. The molecule has 3 aromatic rings. The second-order valence-corrected chi connectivity index (χ2v) is 8.91. The molecule has 0 saturated heterocycles. The van der Waals surface area contributed by atoms with E-state index in [1.54, 1.807) is 11.3 Å². The minimum absolute atomic E-state index is 0.0385. The number of nitrogens with zero attached hydrogens (tertiary/aromatic N) is 1. The second-order valence-electron chi connectivity index (χ2n) is 8.05. The number of hydrogen-bond donors (Lipinski definition) is 2. The summed E-state index contributed by atoms with van der Waals surface area (Å²) in [5.41, 5.74) is 2.62. The number of fused-ring (bicyclic) bond motifs is 1. The van der Waals surface area contributed by atoms with Gasteiger partial charge in [-0.15, -0.1) is 11.3 Å². The van der Waals surface area contributed by atoms with E-state index in [0.717, 1.165) is 41.9 Å². The van der Waals surface area contributed by atoms with Crippen molar-refractivity contribution in [3.8, 4) is 17.0 Å². The van der Waals surface area contributed by atoms with Crippen LogP contribution in [0.5, 0.6) is 5.75 Å². The molecule has 1 aromatic heterocycles. The summed E-state index contributed by atoms with van der Waals surface area (Å²) < 4.78 is 5.45. The first-order chi connectivity index (χ1) is 15.1. The van der Waals surface area contributed by atoms with E-state index in [1.807, 2.05) is 53.9 Å². The fourth-order valence-corrected chi connectivity index (χ4v) is 5.34. The van der Waals surface area contributed by atoms with Crippen molar-refractivity contribution in [1.29, 1.82) is 0 Å². The molecule has 0 spiro atoms. The van der Waals surface area contributed by atoms with E-state index in [-0.39, 0.29) is 18.4 Å². The van der Waals surface area contributed by atoms with Gasteiger partial charge in [0.1, 0.15) is 10.8 Å². The van der Waals surface area contributed by atoms with Gasteiger partial charge in [0.05, 0.1) is 16.9 Å². The third kappa shape index (κ3) is 3.93. The summed E-state index contributed by atoms with van der Waals surface area (Å²) in [5.74, 6) is 0.443. The number of carbonyl (C=O) groups excluding carboxylic acids is 2. The molecule has 1 saturated carbocycles. The minimum atomic E-state index is -0.445. The Balaban J connectivity index is 1.45. The normalized spacial score (nSPS) is 17.2. The van der Waals surface area contributed by atoms with Crippen LogP contribution in [0.15, 0.2) is 53.9 Å². The van der Waals surface area contributed by atoms with Crippen LogP contribution in [0.4, 0.5) is 5.69 Å². The highest BCUT2D eigenvalue weighted by Gasteiger charge is 2.38. The molecule has 1 aliphatic carbocycles.